The highest BCUT2D eigenvalue weighted by molar-refractivity contribution is 6.07. The molecule has 0 aromatic heterocycles. The van der Waals surface area contributed by atoms with E-state index in [1.807, 2.05) is 56.3 Å². The molecule has 0 bridgehead atoms. The number of nitrogens with one attached hydrogen (secondary N) is 2. The fraction of sp³-hybridized carbons (Fsp3) is 0.250. The summed E-state index contributed by atoms with van der Waals surface area (Å²) in [4.78, 5) is 40.2. The van der Waals surface area contributed by atoms with Crippen LogP contribution in [0.1, 0.15) is 33.5 Å². The maximum absolute atomic E-state index is 13.0. The smallest absolute Gasteiger partial charge is 0.253 e. The predicted molar refractivity (Wildman–Crippen MR) is 136 cm³/mol. The Morgan fingerprint density at radius 2 is 1.80 bits per heavy atom. The zero-order chi connectivity index (χ0) is 24.9. The van der Waals surface area contributed by atoms with Gasteiger partial charge in [0.15, 0.2) is 0 Å². The summed E-state index contributed by atoms with van der Waals surface area (Å²) in [5.74, 6) is -0.458. The first kappa shape index (κ1) is 24.0. The molecule has 1 aliphatic heterocycles. The number of carbonyl (C=O) groups is 3. The number of hydrogen-bond donors (Lipinski definition) is 2. The van der Waals surface area contributed by atoms with Crippen LogP contribution in [0.3, 0.4) is 0 Å². The largest absolute Gasteiger partial charge is 0.497 e. The van der Waals surface area contributed by atoms with E-state index in [4.69, 9.17) is 4.74 Å². The van der Waals surface area contributed by atoms with Gasteiger partial charge in [-0.3, -0.25) is 14.4 Å². The molecule has 7 nitrogen and oxygen atoms in total. The highest BCUT2D eigenvalue weighted by Crippen LogP contribution is 2.28. The molecule has 3 aromatic rings. The number of methoxy groups -OCH3 is 1. The lowest BCUT2D eigenvalue weighted by Crippen LogP contribution is -2.29. The van der Waals surface area contributed by atoms with Crippen LogP contribution in [0.15, 0.2) is 66.7 Å². The lowest BCUT2D eigenvalue weighted by atomic mass is 10.1. The maximum Gasteiger partial charge on any atom is 0.253 e. The van der Waals surface area contributed by atoms with E-state index in [-0.39, 0.29) is 24.1 Å². The van der Waals surface area contributed by atoms with Crippen molar-refractivity contribution in [3.8, 4) is 5.75 Å². The van der Waals surface area contributed by atoms with Gasteiger partial charge in [0.1, 0.15) is 5.75 Å². The highest BCUT2D eigenvalue weighted by atomic mass is 16.5. The Hall–Kier alpha value is -4.13. The minimum atomic E-state index is -0.503. The van der Waals surface area contributed by atoms with E-state index in [1.54, 1.807) is 36.3 Å². The van der Waals surface area contributed by atoms with Crippen LogP contribution in [-0.4, -0.2) is 31.4 Å². The number of anilines is 2. The first-order chi connectivity index (χ1) is 16.9. The molecule has 180 valence electrons. The summed E-state index contributed by atoms with van der Waals surface area (Å²) < 4.78 is 5.22. The van der Waals surface area contributed by atoms with Crippen LogP contribution in [0.5, 0.6) is 5.75 Å². The minimum Gasteiger partial charge on any atom is -0.497 e. The number of benzene rings is 3. The summed E-state index contributed by atoms with van der Waals surface area (Å²) in [6.07, 6.45) is 0.128. The van der Waals surface area contributed by atoms with E-state index in [0.29, 0.717) is 30.1 Å². The van der Waals surface area contributed by atoms with Crippen LogP contribution in [-0.2, 0) is 16.1 Å². The summed E-state index contributed by atoms with van der Waals surface area (Å²) in [6.45, 7) is 4.64. The third-order valence-corrected chi connectivity index (χ3v) is 6.31. The number of para-hydroxylation sites is 1. The molecular weight excluding hydrogens is 442 g/mol. The molecule has 0 saturated carbocycles. The van der Waals surface area contributed by atoms with Gasteiger partial charge in [0.25, 0.3) is 5.91 Å². The van der Waals surface area contributed by atoms with Crippen LogP contribution in [0.2, 0.25) is 0 Å². The van der Waals surface area contributed by atoms with Crippen molar-refractivity contribution in [2.24, 2.45) is 5.92 Å². The molecule has 1 saturated heterocycles. The summed E-state index contributed by atoms with van der Waals surface area (Å²) >= 11 is 0. The monoisotopic (exact) mass is 471 g/mol. The highest BCUT2D eigenvalue weighted by Gasteiger charge is 2.35. The Balaban J connectivity index is 1.42. The zero-order valence-electron chi connectivity index (χ0n) is 20.1. The molecule has 1 atom stereocenters. The Morgan fingerprint density at radius 3 is 2.57 bits per heavy atom. The fourth-order valence-electron chi connectivity index (χ4n) is 4.11. The van der Waals surface area contributed by atoms with Crippen LogP contribution in [0, 0.1) is 19.8 Å². The third kappa shape index (κ3) is 5.51. The number of nitrogens with zero attached hydrogens (tertiary/aromatic N) is 1. The van der Waals surface area contributed by atoms with Crippen molar-refractivity contribution in [3.63, 3.8) is 0 Å². The third-order valence-electron chi connectivity index (χ3n) is 6.31. The van der Waals surface area contributed by atoms with Crippen molar-refractivity contribution in [3.05, 3.63) is 89.0 Å². The van der Waals surface area contributed by atoms with Crippen molar-refractivity contribution in [1.29, 1.82) is 0 Å². The lowest BCUT2D eigenvalue weighted by molar-refractivity contribution is -0.122. The van der Waals surface area contributed by atoms with E-state index in [2.05, 4.69) is 10.6 Å². The van der Waals surface area contributed by atoms with Gasteiger partial charge in [0.2, 0.25) is 11.8 Å². The normalized spacial score (nSPS) is 15.1. The molecule has 0 unspecified atom stereocenters. The molecule has 0 spiro atoms. The molecule has 0 aliphatic carbocycles. The molecule has 3 amide bonds. The van der Waals surface area contributed by atoms with E-state index < -0.39 is 5.92 Å². The molecule has 1 aliphatic rings. The van der Waals surface area contributed by atoms with Gasteiger partial charge in [-0.1, -0.05) is 30.3 Å². The zero-order valence-corrected chi connectivity index (χ0v) is 20.1. The summed E-state index contributed by atoms with van der Waals surface area (Å²) in [6, 6.07) is 20.2. The van der Waals surface area contributed by atoms with Gasteiger partial charge in [-0.15, -0.1) is 0 Å². The van der Waals surface area contributed by atoms with Crippen molar-refractivity contribution in [2.45, 2.75) is 26.8 Å². The summed E-state index contributed by atoms with van der Waals surface area (Å²) in [7, 11) is 1.59. The van der Waals surface area contributed by atoms with Gasteiger partial charge in [0, 0.05) is 25.2 Å². The molecule has 1 fully saturated rings. The average molecular weight is 472 g/mol. The maximum atomic E-state index is 13.0. The predicted octanol–water partition coefficient (Wildman–Crippen LogP) is 4.23. The van der Waals surface area contributed by atoms with Crippen molar-refractivity contribution in [1.82, 2.24) is 5.32 Å². The van der Waals surface area contributed by atoms with E-state index >= 15 is 0 Å². The van der Waals surface area contributed by atoms with E-state index in [1.165, 1.54) is 0 Å². The Kier molecular flexibility index (Phi) is 7.15. The number of amides is 3. The molecular formula is C28H29N3O4. The van der Waals surface area contributed by atoms with Gasteiger partial charge >= 0.3 is 0 Å². The molecule has 4 rings (SSSR count). The molecule has 1 heterocycles. The number of aryl methyl sites for hydroxylation is 2. The average Bonchev–Trinajstić information content (AvgIpc) is 3.26. The first-order valence-electron chi connectivity index (χ1n) is 11.5. The fourth-order valence-corrected chi connectivity index (χ4v) is 4.11. The quantitative estimate of drug-likeness (QED) is 0.540. The van der Waals surface area contributed by atoms with Crippen molar-refractivity contribution < 1.29 is 19.1 Å². The Morgan fingerprint density at radius 1 is 1.00 bits per heavy atom. The number of hydrogen-bond acceptors (Lipinski definition) is 4. The second kappa shape index (κ2) is 10.4. The van der Waals surface area contributed by atoms with E-state index in [9.17, 15) is 14.4 Å². The van der Waals surface area contributed by atoms with Gasteiger partial charge < -0.3 is 20.3 Å². The second-order valence-electron chi connectivity index (χ2n) is 8.74. The van der Waals surface area contributed by atoms with Crippen LogP contribution < -0.4 is 20.3 Å². The Bertz CT molecular complexity index is 1270. The van der Waals surface area contributed by atoms with Crippen molar-refractivity contribution in [2.75, 3.05) is 23.9 Å². The van der Waals surface area contributed by atoms with Crippen LogP contribution in [0.25, 0.3) is 0 Å². The summed E-state index contributed by atoms with van der Waals surface area (Å²) in [5.41, 5.74) is 4.71. The molecule has 3 aromatic carbocycles. The van der Waals surface area contributed by atoms with Gasteiger partial charge in [-0.25, -0.2) is 0 Å². The SMILES string of the molecule is COc1cccc(CNC(=O)c2ccccc2NC(=O)[C@@H]2CC(=O)N(c3ccc(C)c(C)c3)C2)c1. The summed E-state index contributed by atoms with van der Waals surface area (Å²) in [5, 5.41) is 5.75. The molecule has 7 heteroatoms. The van der Waals surface area contributed by atoms with Gasteiger partial charge in [-0.05, 0) is 66.9 Å². The second-order valence-corrected chi connectivity index (χ2v) is 8.74. The number of rotatable bonds is 7. The van der Waals surface area contributed by atoms with Crippen LogP contribution in [0.4, 0.5) is 11.4 Å². The Labute approximate surface area is 205 Å². The number of carbonyl (C=O) groups excluding carboxylic acids is 3. The van der Waals surface area contributed by atoms with Crippen LogP contribution >= 0.6 is 0 Å². The molecule has 35 heavy (non-hydrogen) atoms. The minimum absolute atomic E-state index is 0.0854. The van der Waals surface area contributed by atoms with Gasteiger partial charge in [0.05, 0.1) is 24.3 Å². The van der Waals surface area contributed by atoms with Crippen molar-refractivity contribution >= 4 is 29.1 Å². The number of ether oxygens (including phenoxy) is 1. The van der Waals surface area contributed by atoms with E-state index in [0.717, 1.165) is 22.4 Å². The van der Waals surface area contributed by atoms with Gasteiger partial charge in [-0.2, -0.15) is 0 Å². The molecule has 0 radical (unpaired) electrons. The topological polar surface area (TPSA) is 87.7 Å². The standard InChI is InChI=1S/C28H29N3O4/c1-18-11-12-22(13-19(18)2)31-17-21(15-26(31)32)27(33)30-25-10-5-4-9-24(25)28(34)29-16-20-7-6-8-23(14-20)35-3/h4-14,21H,15-17H2,1-3H3,(H,29,34)(H,30,33)/t21-/m1/s1. The lowest BCUT2D eigenvalue weighted by Gasteiger charge is -2.18. The first-order valence-corrected chi connectivity index (χ1v) is 11.5. The molecule has 2 N–H and O–H groups in total.